The van der Waals surface area contributed by atoms with Crippen LogP contribution in [0, 0.1) is 5.41 Å². The van der Waals surface area contributed by atoms with Crippen molar-refractivity contribution in [3.63, 3.8) is 0 Å². The van der Waals surface area contributed by atoms with Crippen molar-refractivity contribution in [1.82, 2.24) is 15.5 Å². The number of halogens is 1. The Morgan fingerprint density at radius 2 is 2.03 bits per heavy atom. The number of nitrogens with one attached hydrogen (secondary N) is 2. The minimum atomic E-state index is -0.0143. The van der Waals surface area contributed by atoms with E-state index in [4.69, 9.17) is 9.73 Å². The van der Waals surface area contributed by atoms with Crippen LogP contribution in [0.15, 0.2) is 29.3 Å². The Kier molecular flexibility index (Phi) is 10.3. The third kappa shape index (κ3) is 7.09. The van der Waals surface area contributed by atoms with Crippen molar-refractivity contribution < 1.29 is 14.6 Å². The Morgan fingerprint density at radius 1 is 1.27 bits per heavy atom. The summed E-state index contributed by atoms with van der Waals surface area (Å²) >= 11 is 0. The number of benzene rings is 1. The third-order valence-electron chi connectivity index (χ3n) is 5.79. The van der Waals surface area contributed by atoms with Gasteiger partial charge in [-0.05, 0) is 37.3 Å². The topological polar surface area (TPSA) is 86.2 Å². The summed E-state index contributed by atoms with van der Waals surface area (Å²) in [6.07, 6.45) is 3.34. The Bertz CT molecular complexity index is 690. The number of rotatable bonds is 9. The van der Waals surface area contributed by atoms with E-state index >= 15 is 0 Å². The summed E-state index contributed by atoms with van der Waals surface area (Å²) in [6.45, 7) is 7.34. The molecular formula is C22H35IN4O3. The van der Waals surface area contributed by atoms with Crippen LogP contribution in [0.2, 0.25) is 0 Å². The first-order valence-electron chi connectivity index (χ1n) is 10.7. The number of ether oxygens (including phenoxy) is 1. The molecule has 0 radical (unpaired) electrons. The number of aliphatic hydroxyl groups excluding tert-OH is 1. The number of aliphatic hydroxyl groups is 1. The largest absolute Gasteiger partial charge is 0.396 e. The number of hydrogen-bond donors (Lipinski definition) is 3. The molecular weight excluding hydrogens is 495 g/mol. The molecule has 0 spiro atoms. The SMILES string of the molecule is CCNC(=NCc1ccc(CN2CCCC2=O)cc1)NCC1(CCO)CCOC1.I. The van der Waals surface area contributed by atoms with Crippen molar-refractivity contribution >= 4 is 35.8 Å². The van der Waals surface area contributed by atoms with Gasteiger partial charge >= 0.3 is 0 Å². The van der Waals surface area contributed by atoms with Crippen LogP contribution in [0.1, 0.15) is 43.7 Å². The molecule has 2 aliphatic heterocycles. The van der Waals surface area contributed by atoms with Crippen LogP contribution in [0.5, 0.6) is 0 Å². The van der Waals surface area contributed by atoms with Gasteiger partial charge in [0.25, 0.3) is 0 Å². The molecule has 0 saturated carbocycles. The molecule has 0 aromatic heterocycles. The van der Waals surface area contributed by atoms with Gasteiger partial charge in [0, 0.05) is 51.2 Å². The van der Waals surface area contributed by atoms with E-state index in [0.717, 1.165) is 62.6 Å². The third-order valence-corrected chi connectivity index (χ3v) is 5.79. The summed E-state index contributed by atoms with van der Waals surface area (Å²) in [4.78, 5) is 18.4. The summed E-state index contributed by atoms with van der Waals surface area (Å²) < 4.78 is 5.56. The van der Waals surface area contributed by atoms with Gasteiger partial charge in [0.2, 0.25) is 5.91 Å². The van der Waals surface area contributed by atoms with Crippen molar-refractivity contribution in [2.75, 3.05) is 39.5 Å². The predicted octanol–water partition coefficient (Wildman–Crippen LogP) is 2.27. The van der Waals surface area contributed by atoms with Crippen LogP contribution in [-0.4, -0.2) is 61.3 Å². The second-order valence-corrected chi connectivity index (χ2v) is 8.06. The number of hydrogen-bond acceptors (Lipinski definition) is 4. The molecule has 1 aromatic carbocycles. The van der Waals surface area contributed by atoms with E-state index in [1.807, 2.05) is 11.8 Å². The number of carbonyl (C=O) groups is 1. The van der Waals surface area contributed by atoms with Crippen LogP contribution in [0.3, 0.4) is 0 Å². The molecule has 1 atom stereocenters. The zero-order chi connectivity index (χ0) is 20.5. The van der Waals surface area contributed by atoms with Gasteiger partial charge in [0.15, 0.2) is 5.96 Å². The van der Waals surface area contributed by atoms with Crippen LogP contribution in [0.4, 0.5) is 0 Å². The molecule has 30 heavy (non-hydrogen) atoms. The van der Waals surface area contributed by atoms with Crippen molar-refractivity contribution in [3.05, 3.63) is 35.4 Å². The first-order valence-corrected chi connectivity index (χ1v) is 10.7. The Labute approximate surface area is 196 Å². The van der Waals surface area contributed by atoms with Crippen molar-refractivity contribution in [2.45, 2.75) is 45.7 Å². The molecule has 0 aliphatic carbocycles. The fourth-order valence-electron chi connectivity index (χ4n) is 3.94. The zero-order valence-corrected chi connectivity index (χ0v) is 20.2. The lowest BCUT2D eigenvalue weighted by Crippen LogP contribution is -2.44. The van der Waals surface area contributed by atoms with Crippen LogP contribution >= 0.6 is 24.0 Å². The average Bonchev–Trinajstić information content (AvgIpc) is 3.35. The molecule has 0 bridgehead atoms. The molecule has 2 saturated heterocycles. The van der Waals surface area contributed by atoms with E-state index in [-0.39, 0.29) is 41.9 Å². The highest BCUT2D eigenvalue weighted by molar-refractivity contribution is 14.0. The quantitative estimate of drug-likeness (QED) is 0.259. The van der Waals surface area contributed by atoms with Crippen molar-refractivity contribution in [1.29, 1.82) is 0 Å². The summed E-state index contributed by atoms with van der Waals surface area (Å²) in [5.74, 6) is 1.04. The molecule has 1 aromatic rings. The zero-order valence-electron chi connectivity index (χ0n) is 17.9. The smallest absolute Gasteiger partial charge is 0.222 e. The second kappa shape index (κ2) is 12.5. The maximum Gasteiger partial charge on any atom is 0.222 e. The molecule has 2 heterocycles. The maximum atomic E-state index is 11.8. The number of carbonyl (C=O) groups excluding carboxylic acids is 1. The van der Waals surface area contributed by atoms with Gasteiger partial charge in [0.1, 0.15) is 0 Å². The highest BCUT2D eigenvalue weighted by Gasteiger charge is 2.34. The lowest BCUT2D eigenvalue weighted by atomic mass is 9.84. The van der Waals surface area contributed by atoms with E-state index < -0.39 is 0 Å². The van der Waals surface area contributed by atoms with Gasteiger partial charge in [-0.15, -0.1) is 24.0 Å². The Balaban J connectivity index is 0.00000320. The van der Waals surface area contributed by atoms with E-state index in [2.05, 4.69) is 34.9 Å². The fraction of sp³-hybridized carbons (Fsp3) is 0.636. The van der Waals surface area contributed by atoms with Crippen LogP contribution < -0.4 is 10.6 Å². The highest BCUT2D eigenvalue weighted by atomic mass is 127. The van der Waals surface area contributed by atoms with E-state index in [1.165, 1.54) is 0 Å². The van der Waals surface area contributed by atoms with Gasteiger partial charge in [-0.2, -0.15) is 0 Å². The number of guanidine groups is 1. The molecule has 1 unspecified atom stereocenters. The lowest BCUT2D eigenvalue weighted by Gasteiger charge is -2.27. The molecule has 3 N–H and O–H groups in total. The van der Waals surface area contributed by atoms with Gasteiger partial charge in [-0.1, -0.05) is 24.3 Å². The highest BCUT2D eigenvalue weighted by Crippen LogP contribution is 2.31. The minimum absolute atomic E-state index is 0. The first kappa shape index (κ1) is 24.9. The molecule has 168 valence electrons. The van der Waals surface area contributed by atoms with E-state index in [1.54, 1.807) is 0 Å². The second-order valence-electron chi connectivity index (χ2n) is 8.06. The van der Waals surface area contributed by atoms with Gasteiger partial charge in [0.05, 0.1) is 13.2 Å². The van der Waals surface area contributed by atoms with Crippen LogP contribution in [0.25, 0.3) is 0 Å². The molecule has 8 heteroatoms. The van der Waals surface area contributed by atoms with Crippen LogP contribution in [-0.2, 0) is 22.6 Å². The lowest BCUT2D eigenvalue weighted by molar-refractivity contribution is -0.128. The molecule has 2 aliphatic rings. The van der Waals surface area contributed by atoms with Gasteiger partial charge in [-0.25, -0.2) is 4.99 Å². The van der Waals surface area contributed by atoms with E-state index in [9.17, 15) is 9.90 Å². The molecule has 2 fully saturated rings. The first-order chi connectivity index (χ1) is 14.1. The Morgan fingerprint density at radius 3 is 2.63 bits per heavy atom. The summed E-state index contributed by atoms with van der Waals surface area (Å²) in [7, 11) is 0. The standard InChI is InChI=1S/C22H34N4O3.HI/c1-2-23-21(25-16-22(9-12-27)10-13-29-17-22)24-14-18-5-7-19(8-6-18)15-26-11-3-4-20(26)28;/h5-8,27H,2-4,9-17H2,1H3,(H2,23,24,25);1H. The minimum Gasteiger partial charge on any atom is -0.396 e. The maximum absolute atomic E-state index is 11.8. The molecule has 3 rings (SSSR count). The van der Waals surface area contributed by atoms with Gasteiger partial charge in [-0.3, -0.25) is 4.79 Å². The monoisotopic (exact) mass is 530 g/mol. The van der Waals surface area contributed by atoms with Crippen molar-refractivity contribution in [2.24, 2.45) is 10.4 Å². The molecule has 1 amide bonds. The van der Waals surface area contributed by atoms with E-state index in [0.29, 0.717) is 26.1 Å². The summed E-state index contributed by atoms with van der Waals surface area (Å²) in [5, 5.41) is 16.1. The number of aliphatic imine (C=N–C) groups is 1. The number of nitrogens with zero attached hydrogens (tertiary/aromatic N) is 2. The fourth-order valence-corrected chi connectivity index (χ4v) is 3.94. The van der Waals surface area contributed by atoms with Gasteiger partial charge < -0.3 is 25.4 Å². The average molecular weight is 530 g/mol. The summed E-state index contributed by atoms with van der Waals surface area (Å²) in [6, 6.07) is 8.34. The summed E-state index contributed by atoms with van der Waals surface area (Å²) in [5.41, 5.74) is 2.28. The normalized spacial score (nSPS) is 21.6. The Hall–Kier alpha value is -1.39. The number of amides is 1. The molecule has 7 nitrogen and oxygen atoms in total. The van der Waals surface area contributed by atoms with Crippen molar-refractivity contribution in [3.8, 4) is 0 Å². The predicted molar refractivity (Wildman–Crippen MR) is 129 cm³/mol. The number of likely N-dealkylation sites (tertiary alicyclic amines) is 1.